The van der Waals surface area contributed by atoms with E-state index >= 15 is 0 Å². The second-order valence-electron chi connectivity index (χ2n) is 4.88. The van der Waals surface area contributed by atoms with E-state index in [2.05, 4.69) is 4.57 Å². The predicted octanol–water partition coefficient (Wildman–Crippen LogP) is 2.64. The van der Waals surface area contributed by atoms with Gasteiger partial charge in [0.2, 0.25) is 0 Å². The average molecular weight is 284 g/mol. The molecular weight excluding hydrogens is 268 g/mol. The van der Waals surface area contributed by atoms with Gasteiger partial charge in [-0.25, -0.2) is 0 Å². The van der Waals surface area contributed by atoms with E-state index in [1.807, 2.05) is 18.2 Å². The maximum atomic E-state index is 6.05. The minimum Gasteiger partial charge on any atom is -0.429 e. The van der Waals surface area contributed by atoms with Gasteiger partial charge in [-0.05, 0) is 49.7 Å². The van der Waals surface area contributed by atoms with E-state index in [0.717, 1.165) is 22.8 Å². The van der Waals surface area contributed by atoms with Gasteiger partial charge in [-0.15, -0.1) is 0 Å². The van der Waals surface area contributed by atoms with Crippen molar-refractivity contribution in [3.05, 3.63) is 28.1 Å². The fraction of sp³-hybridized carbons (Fsp3) is 0.462. The Balaban J connectivity index is 1.97. The van der Waals surface area contributed by atoms with E-state index in [0.29, 0.717) is 4.84 Å². The lowest BCUT2D eigenvalue weighted by molar-refractivity contribution is -0.927. The van der Waals surface area contributed by atoms with Gasteiger partial charge in [0.05, 0.1) is 18.6 Å². The van der Waals surface area contributed by atoms with Crippen molar-refractivity contribution >= 4 is 34.9 Å². The zero-order valence-electron chi connectivity index (χ0n) is 10.1. The second-order valence-corrected chi connectivity index (χ2v) is 5.66. The van der Waals surface area contributed by atoms with Crippen LogP contribution < -0.4 is 4.90 Å². The summed E-state index contributed by atoms with van der Waals surface area (Å²) in [6.45, 7) is 3.32. The molecule has 1 aromatic heterocycles. The molecule has 3 rings (SSSR count). The summed E-state index contributed by atoms with van der Waals surface area (Å²) in [4.78, 5) is 2.12. The molecule has 0 spiro atoms. The lowest BCUT2D eigenvalue weighted by Gasteiger charge is -2.23. The van der Waals surface area contributed by atoms with E-state index in [1.165, 1.54) is 32.4 Å². The highest BCUT2D eigenvalue weighted by atomic mass is 35.5. The molecule has 2 aromatic rings. The summed E-state index contributed by atoms with van der Waals surface area (Å²) < 4.78 is 7.67. The van der Waals surface area contributed by atoms with Crippen molar-refractivity contribution in [3.8, 4) is 0 Å². The molecule has 1 fully saturated rings. The van der Waals surface area contributed by atoms with E-state index in [4.69, 9.17) is 28.2 Å². The highest BCUT2D eigenvalue weighted by Crippen LogP contribution is 2.21. The number of halogens is 1. The number of oxazole rings is 1. The van der Waals surface area contributed by atoms with Gasteiger partial charge in [-0.1, -0.05) is 11.6 Å². The number of hydrogen-bond donors (Lipinski definition) is 1. The average Bonchev–Trinajstić information content (AvgIpc) is 2.67. The van der Waals surface area contributed by atoms with Crippen molar-refractivity contribution in [1.29, 1.82) is 0 Å². The van der Waals surface area contributed by atoms with Crippen LogP contribution in [-0.2, 0) is 6.67 Å². The number of benzene rings is 1. The van der Waals surface area contributed by atoms with Crippen LogP contribution in [0, 0.1) is 4.84 Å². The molecule has 0 radical (unpaired) electrons. The van der Waals surface area contributed by atoms with E-state index in [1.54, 1.807) is 4.90 Å². The van der Waals surface area contributed by atoms with Gasteiger partial charge in [0.1, 0.15) is 0 Å². The third kappa shape index (κ3) is 2.32. The first kappa shape index (κ1) is 12.2. The standard InChI is InChI=1S/C13H15ClN2OS/c14-10-4-5-12-11(8-10)16(13(18)17-12)9-15-6-2-1-3-7-15/h4-5,8H,1-3,6-7,9H2/p+1. The molecule has 1 saturated heterocycles. The molecule has 2 heterocycles. The molecule has 5 heteroatoms. The van der Waals surface area contributed by atoms with Crippen molar-refractivity contribution in [2.45, 2.75) is 25.9 Å². The molecule has 0 amide bonds. The zero-order valence-corrected chi connectivity index (χ0v) is 11.7. The summed E-state index contributed by atoms with van der Waals surface area (Å²) in [5, 5.41) is 0.723. The third-order valence-corrected chi connectivity index (χ3v) is 4.11. The number of fused-ring (bicyclic) bond motifs is 1. The summed E-state index contributed by atoms with van der Waals surface area (Å²) in [6, 6.07) is 5.65. The fourth-order valence-corrected chi connectivity index (χ4v) is 3.04. The lowest BCUT2D eigenvalue weighted by atomic mass is 10.1. The Morgan fingerprint density at radius 3 is 2.83 bits per heavy atom. The summed E-state index contributed by atoms with van der Waals surface area (Å²) in [6.07, 6.45) is 3.96. The van der Waals surface area contributed by atoms with Gasteiger partial charge in [0.25, 0.3) is 4.84 Å². The largest absolute Gasteiger partial charge is 0.429 e. The first-order valence-electron chi connectivity index (χ1n) is 6.36. The van der Waals surface area contributed by atoms with Crippen molar-refractivity contribution in [2.24, 2.45) is 0 Å². The number of quaternary nitrogens is 1. The molecule has 0 aliphatic carbocycles. The predicted molar refractivity (Wildman–Crippen MR) is 74.6 cm³/mol. The van der Waals surface area contributed by atoms with E-state index in [9.17, 15) is 0 Å². The van der Waals surface area contributed by atoms with Crippen LogP contribution in [-0.4, -0.2) is 17.7 Å². The normalized spacial score (nSPS) is 17.4. The Morgan fingerprint density at radius 2 is 2.06 bits per heavy atom. The highest BCUT2D eigenvalue weighted by Gasteiger charge is 2.16. The van der Waals surface area contributed by atoms with Crippen LogP contribution in [0.2, 0.25) is 5.02 Å². The summed E-state index contributed by atoms with van der Waals surface area (Å²) in [5.74, 6) is 0. The maximum absolute atomic E-state index is 6.05. The molecule has 1 aromatic carbocycles. The number of hydrogen-bond acceptors (Lipinski definition) is 2. The molecule has 18 heavy (non-hydrogen) atoms. The number of nitrogens with one attached hydrogen (secondary N) is 1. The number of likely N-dealkylation sites (tertiary alicyclic amines) is 1. The van der Waals surface area contributed by atoms with Gasteiger partial charge in [0, 0.05) is 5.02 Å². The fourth-order valence-electron chi connectivity index (χ4n) is 2.62. The van der Waals surface area contributed by atoms with Crippen molar-refractivity contribution in [3.63, 3.8) is 0 Å². The first-order chi connectivity index (χ1) is 8.74. The van der Waals surface area contributed by atoms with Crippen LogP contribution >= 0.6 is 23.8 Å². The van der Waals surface area contributed by atoms with Crippen LogP contribution in [0.3, 0.4) is 0 Å². The first-order valence-corrected chi connectivity index (χ1v) is 7.15. The molecule has 1 N–H and O–H groups in total. The molecule has 0 bridgehead atoms. The summed E-state index contributed by atoms with van der Waals surface area (Å²) in [7, 11) is 0. The number of rotatable bonds is 2. The van der Waals surface area contributed by atoms with Crippen LogP contribution in [0.15, 0.2) is 22.6 Å². The van der Waals surface area contributed by atoms with E-state index < -0.39 is 0 Å². The monoisotopic (exact) mass is 283 g/mol. The maximum Gasteiger partial charge on any atom is 0.274 e. The number of aromatic nitrogens is 1. The van der Waals surface area contributed by atoms with E-state index in [-0.39, 0.29) is 0 Å². The molecule has 96 valence electrons. The van der Waals surface area contributed by atoms with Crippen molar-refractivity contribution in [2.75, 3.05) is 13.1 Å². The van der Waals surface area contributed by atoms with Gasteiger partial charge < -0.3 is 9.32 Å². The van der Waals surface area contributed by atoms with Crippen LogP contribution in [0.1, 0.15) is 19.3 Å². The van der Waals surface area contributed by atoms with Crippen LogP contribution in [0.4, 0.5) is 0 Å². The summed E-state index contributed by atoms with van der Waals surface area (Å²) >= 11 is 11.4. The number of piperidine rings is 1. The Hall–Kier alpha value is -0.840. The minimum atomic E-state index is 0.547. The molecule has 0 unspecified atom stereocenters. The third-order valence-electron chi connectivity index (χ3n) is 3.57. The van der Waals surface area contributed by atoms with Crippen molar-refractivity contribution < 1.29 is 9.32 Å². The Morgan fingerprint density at radius 1 is 1.28 bits per heavy atom. The molecular formula is C13H16ClN2OS+. The second kappa shape index (κ2) is 5.03. The molecule has 1 aliphatic rings. The van der Waals surface area contributed by atoms with Crippen molar-refractivity contribution in [1.82, 2.24) is 4.57 Å². The van der Waals surface area contributed by atoms with Gasteiger partial charge in [-0.3, -0.25) is 4.57 Å². The van der Waals surface area contributed by atoms with Gasteiger partial charge >= 0.3 is 0 Å². The SMILES string of the molecule is S=c1oc2ccc(Cl)cc2n1C[NH+]1CCCCC1. The van der Waals surface area contributed by atoms with Gasteiger partial charge in [-0.2, -0.15) is 0 Å². The Kier molecular flexibility index (Phi) is 3.41. The topological polar surface area (TPSA) is 22.5 Å². The highest BCUT2D eigenvalue weighted by molar-refractivity contribution is 7.71. The number of nitrogens with zero attached hydrogens (tertiary/aromatic N) is 1. The molecule has 0 saturated carbocycles. The minimum absolute atomic E-state index is 0.547. The smallest absolute Gasteiger partial charge is 0.274 e. The Labute approximate surface area is 116 Å². The van der Waals surface area contributed by atoms with Crippen LogP contribution in [0.25, 0.3) is 11.1 Å². The molecule has 3 nitrogen and oxygen atoms in total. The molecule has 0 atom stereocenters. The Bertz CT molecular complexity index is 613. The van der Waals surface area contributed by atoms with Gasteiger partial charge in [0.15, 0.2) is 12.3 Å². The lowest BCUT2D eigenvalue weighted by Crippen LogP contribution is -3.12. The summed E-state index contributed by atoms with van der Waals surface area (Å²) in [5.41, 5.74) is 1.83. The molecule has 1 aliphatic heterocycles. The quantitative estimate of drug-likeness (QED) is 0.856. The zero-order chi connectivity index (χ0) is 12.5. The van der Waals surface area contributed by atoms with Crippen LogP contribution in [0.5, 0.6) is 0 Å².